The topological polar surface area (TPSA) is 9.23 Å². The molecule has 19 heavy (non-hydrogen) atoms. The van der Waals surface area contributed by atoms with Gasteiger partial charge < -0.3 is 4.74 Å². The molecule has 3 rings (SSSR count). The van der Waals surface area contributed by atoms with Crippen molar-refractivity contribution in [3.05, 3.63) is 64.4 Å². The molecular weight excluding hydrogens is 263 g/mol. The molecule has 0 aromatic heterocycles. The van der Waals surface area contributed by atoms with Crippen molar-refractivity contribution < 1.29 is 9.13 Å². The highest BCUT2D eigenvalue weighted by Gasteiger charge is 2.18. The van der Waals surface area contributed by atoms with Crippen LogP contribution in [0.1, 0.15) is 17.5 Å². The van der Waals surface area contributed by atoms with Gasteiger partial charge in [-0.25, -0.2) is 4.39 Å². The third kappa shape index (κ3) is 2.49. The maximum Gasteiger partial charge on any atom is 0.145 e. The fourth-order valence-corrected chi connectivity index (χ4v) is 2.37. The van der Waals surface area contributed by atoms with Crippen molar-refractivity contribution >= 4 is 23.3 Å². The maximum absolute atomic E-state index is 13.4. The summed E-state index contributed by atoms with van der Waals surface area (Å²) in [4.78, 5) is 0. The van der Waals surface area contributed by atoms with Crippen molar-refractivity contribution in [2.24, 2.45) is 0 Å². The first kappa shape index (κ1) is 12.2. The number of fused-ring (bicyclic) bond motifs is 1. The Labute approximate surface area is 116 Å². The lowest BCUT2D eigenvalue weighted by atomic mass is 9.97. The molecule has 1 aliphatic heterocycles. The Morgan fingerprint density at radius 3 is 2.74 bits per heavy atom. The van der Waals surface area contributed by atoms with Crippen LogP contribution in [0.3, 0.4) is 0 Å². The molecule has 1 nitrogen and oxygen atoms in total. The molecule has 1 aliphatic rings. The highest BCUT2D eigenvalue weighted by atomic mass is 35.5. The number of benzene rings is 2. The molecule has 96 valence electrons. The minimum atomic E-state index is -0.443. The molecule has 1 heterocycles. The summed E-state index contributed by atoms with van der Waals surface area (Å²) in [5.41, 5.74) is 3.11. The van der Waals surface area contributed by atoms with Crippen LogP contribution in [0, 0.1) is 5.82 Å². The Balaban J connectivity index is 2.08. The van der Waals surface area contributed by atoms with Crippen LogP contribution < -0.4 is 4.74 Å². The normalized spacial score (nSPS) is 16.0. The van der Waals surface area contributed by atoms with Crippen LogP contribution in [0.25, 0.3) is 11.6 Å². The van der Waals surface area contributed by atoms with E-state index in [0.29, 0.717) is 12.4 Å². The monoisotopic (exact) mass is 274 g/mol. The Morgan fingerprint density at radius 2 is 1.95 bits per heavy atom. The largest absolute Gasteiger partial charge is 0.492 e. The van der Waals surface area contributed by atoms with E-state index in [1.54, 1.807) is 6.07 Å². The lowest BCUT2D eigenvalue weighted by molar-refractivity contribution is 0.315. The van der Waals surface area contributed by atoms with Crippen molar-refractivity contribution in [3.63, 3.8) is 0 Å². The quantitative estimate of drug-likeness (QED) is 0.726. The molecule has 0 fully saturated rings. The average molecular weight is 275 g/mol. The Hall–Kier alpha value is -1.80. The van der Waals surface area contributed by atoms with E-state index in [0.717, 1.165) is 23.1 Å². The Kier molecular flexibility index (Phi) is 3.26. The van der Waals surface area contributed by atoms with E-state index in [2.05, 4.69) is 6.08 Å². The number of halogens is 2. The lowest BCUT2D eigenvalue weighted by Gasteiger charge is -2.20. The zero-order valence-corrected chi connectivity index (χ0v) is 11.0. The van der Waals surface area contributed by atoms with E-state index < -0.39 is 5.82 Å². The lowest BCUT2D eigenvalue weighted by Crippen LogP contribution is -2.08. The second-order valence-corrected chi connectivity index (χ2v) is 4.85. The van der Waals surface area contributed by atoms with Gasteiger partial charge in [0.2, 0.25) is 0 Å². The minimum absolute atomic E-state index is 0.128. The number of hydrogen-bond acceptors (Lipinski definition) is 1. The first-order valence-electron chi connectivity index (χ1n) is 6.12. The summed E-state index contributed by atoms with van der Waals surface area (Å²) in [6, 6.07) is 13.0. The third-order valence-corrected chi connectivity index (χ3v) is 3.43. The second-order valence-electron chi connectivity index (χ2n) is 4.44. The van der Waals surface area contributed by atoms with Gasteiger partial charge in [0.05, 0.1) is 11.6 Å². The van der Waals surface area contributed by atoms with E-state index in [4.69, 9.17) is 16.3 Å². The summed E-state index contributed by atoms with van der Waals surface area (Å²) >= 11 is 5.86. The summed E-state index contributed by atoms with van der Waals surface area (Å²) in [6.07, 6.45) is 2.89. The first-order chi connectivity index (χ1) is 9.24. The van der Waals surface area contributed by atoms with Gasteiger partial charge >= 0.3 is 0 Å². The number of rotatable bonds is 1. The van der Waals surface area contributed by atoms with Crippen LogP contribution >= 0.6 is 11.6 Å². The second kappa shape index (κ2) is 5.06. The van der Waals surface area contributed by atoms with Crippen LogP contribution in [-0.2, 0) is 0 Å². The van der Waals surface area contributed by atoms with E-state index in [-0.39, 0.29) is 5.02 Å². The summed E-state index contributed by atoms with van der Waals surface area (Å²) in [6.45, 7) is 0.562. The van der Waals surface area contributed by atoms with Crippen LogP contribution in [-0.4, -0.2) is 6.61 Å². The fraction of sp³-hybridized carbons (Fsp3) is 0.125. The predicted molar refractivity (Wildman–Crippen MR) is 75.8 cm³/mol. The van der Waals surface area contributed by atoms with Gasteiger partial charge in [-0.2, -0.15) is 0 Å². The maximum atomic E-state index is 13.4. The molecule has 0 bridgehead atoms. The van der Waals surface area contributed by atoms with Gasteiger partial charge in [-0.15, -0.1) is 0 Å². The van der Waals surface area contributed by atoms with Gasteiger partial charge in [0.15, 0.2) is 0 Å². The van der Waals surface area contributed by atoms with Gasteiger partial charge in [0.1, 0.15) is 11.6 Å². The van der Waals surface area contributed by atoms with Crippen LogP contribution in [0.2, 0.25) is 5.02 Å². The van der Waals surface area contributed by atoms with Crippen LogP contribution in [0.15, 0.2) is 42.5 Å². The van der Waals surface area contributed by atoms with Crippen molar-refractivity contribution in [1.82, 2.24) is 0 Å². The van der Waals surface area contributed by atoms with Crippen molar-refractivity contribution in [1.29, 1.82) is 0 Å². The summed E-state index contributed by atoms with van der Waals surface area (Å²) in [5.74, 6) is 0.122. The standard InChI is InChI=1S/C16H12ClFO/c17-14-9-13-12(8-11-4-2-1-3-5-11)6-7-19-16(13)10-15(14)18/h1-5,8-10H,6-7H2/b12-8+. The van der Waals surface area contributed by atoms with Gasteiger partial charge in [0, 0.05) is 18.1 Å². The summed E-state index contributed by atoms with van der Waals surface area (Å²) < 4.78 is 18.9. The molecule has 0 N–H and O–H groups in total. The van der Waals surface area contributed by atoms with Gasteiger partial charge in [-0.1, -0.05) is 48.0 Å². The summed E-state index contributed by atoms with van der Waals surface area (Å²) in [5, 5.41) is 0.128. The average Bonchev–Trinajstić information content (AvgIpc) is 2.42. The van der Waals surface area contributed by atoms with Gasteiger partial charge in [0.25, 0.3) is 0 Å². The van der Waals surface area contributed by atoms with Crippen LogP contribution in [0.5, 0.6) is 5.75 Å². The fourth-order valence-electron chi connectivity index (χ4n) is 2.20. The Morgan fingerprint density at radius 1 is 1.16 bits per heavy atom. The molecule has 0 spiro atoms. The van der Waals surface area contributed by atoms with Crippen LogP contribution in [0.4, 0.5) is 4.39 Å². The Bertz CT molecular complexity index is 635. The molecule has 0 aliphatic carbocycles. The van der Waals surface area contributed by atoms with Gasteiger partial charge in [-0.3, -0.25) is 0 Å². The molecule has 0 radical (unpaired) electrons. The van der Waals surface area contributed by atoms with Crippen molar-refractivity contribution in [2.45, 2.75) is 6.42 Å². The summed E-state index contributed by atoms with van der Waals surface area (Å²) in [7, 11) is 0. The highest BCUT2D eigenvalue weighted by Crippen LogP contribution is 2.37. The number of hydrogen-bond donors (Lipinski definition) is 0. The first-order valence-corrected chi connectivity index (χ1v) is 6.50. The zero-order valence-electron chi connectivity index (χ0n) is 10.2. The molecule has 0 unspecified atom stereocenters. The van der Waals surface area contributed by atoms with Gasteiger partial charge in [-0.05, 0) is 17.2 Å². The minimum Gasteiger partial charge on any atom is -0.492 e. The molecule has 3 heteroatoms. The molecule has 0 amide bonds. The molecule has 0 atom stereocenters. The predicted octanol–water partition coefficient (Wildman–Crippen LogP) is 4.80. The molecule has 2 aromatic rings. The van der Waals surface area contributed by atoms with E-state index >= 15 is 0 Å². The molecule has 2 aromatic carbocycles. The number of ether oxygens (including phenoxy) is 1. The highest BCUT2D eigenvalue weighted by molar-refractivity contribution is 6.31. The smallest absolute Gasteiger partial charge is 0.145 e. The molecule has 0 saturated heterocycles. The van der Waals surface area contributed by atoms with E-state index in [1.165, 1.54) is 6.07 Å². The van der Waals surface area contributed by atoms with Crippen molar-refractivity contribution in [2.75, 3.05) is 6.61 Å². The van der Waals surface area contributed by atoms with E-state index in [1.807, 2.05) is 30.3 Å². The zero-order chi connectivity index (χ0) is 13.2. The molecule has 0 saturated carbocycles. The third-order valence-electron chi connectivity index (χ3n) is 3.14. The van der Waals surface area contributed by atoms with Crippen molar-refractivity contribution in [3.8, 4) is 5.75 Å². The van der Waals surface area contributed by atoms with E-state index in [9.17, 15) is 4.39 Å². The SMILES string of the molecule is Fc1cc2c(cc1Cl)/C(=C/c1ccccc1)CCO2. The molecular formula is C16H12ClFO.